The molecule has 0 saturated heterocycles. The van der Waals surface area contributed by atoms with Crippen LogP contribution in [0.3, 0.4) is 0 Å². The molecule has 3 N–H and O–H groups in total. The van der Waals surface area contributed by atoms with Crippen molar-refractivity contribution in [1.82, 2.24) is 10.6 Å². The first-order chi connectivity index (χ1) is 18.1. The lowest BCUT2D eigenvalue weighted by molar-refractivity contribution is -0.150. The first-order valence-corrected chi connectivity index (χ1v) is 14.2. The van der Waals surface area contributed by atoms with Gasteiger partial charge in [-0.15, -0.1) is 0 Å². The van der Waals surface area contributed by atoms with Crippen molar-refractivity contribution in [1.29, 1.82) is 0 Å². The summed E-state index contributed by atoms with van der Waals surface area (Å²) in [4.78, 5) is 59.5. The molecule has 0 saturated carbocycles. The Kier molecular flexibility index (Phi) is 19.8. The van der Waals surface area contributed by atoms with Gasteiger partial charge in [0, 0.05) is 18.3 Å². The van der Waals surface area contributed by atoms with Crippen LogP contribution < -0.4 is 10.6 Å². The van der Waals surface area contributed by atoms with Gasteiger partial charge in [0.15, 0.2) is 0 Å². The number of carbonyl (C=O) groups is 5. The first kappa shape index (κ1) is 35.4. The van der Waals surface area contributed by atoms with Crippen molar-refractivity contribution in [2.24, 2.45) is 17.8 Å². The predicted molar refractivity (Wildman–Crippen MR) is 144 cm³/mol. The fourth-order valence-corrected chi connectivity index (χ4v) is 4.04. The number of aliphatic carboxylic acids is 1. The van der Waals surface area contributed by atoms with Crippen molar-refractivity contribution in [3.05, 3.63) is 0 Å². The van der Waals surface area contributed by atoms with Gasteiger partial charge in [-0.25, -0.2) is 0 Å². The van der Waals surface area contributed by atoms with E-state index in [9.17, 15) is 24.0 Å². The molecule has 0 aromatic carbocycles. The smallest absolute Gasteiger partial charge is 0.306 e. The van der Waals surface area contributed by atoms with Crippen molar-refractivity contribution >= 4 is 29.7 Å². The Morgan fingerprint density at radius 2 is 1.21 bits per heavy atom. The molecule has 1 atom stereocenters. The number of hydrogen-bond acceptors (Lipinski definition) is 7. The molecule has 0 aromatic heterocycles. The minimum absolute atomic E-state index is 0.0864. The molecule has 0 rings (SSSR count). The minimum atomic E-state index is -1.04. The van der Waals surface area contributed by atoms with Gasteiger partial charge in [-0.3, -0.25) is 24.0 Å². The maximum atomic E-state index is 12.5. The van der Waals surface area contributed by atoms with Crippen LogP contribution >= 0.6 is 0 Å². The molecule has 10 nitrogen and oxygen atoms in total. The van der Waals surface area contributed by atoms with E-state index in [1.165, 1.54) is 0 Å². The molecule has 1 unspecified atom stereocenters. The number of amides is 2. The summed E-state index contributed by atoms with van der Waals surface area (Å²) in [6.07, 6.45) is 4.92. The van der Waals surface area contributed by atoms with E-state index in [0.717, 1.165) is 44.9 Å². The summed E-state index contributed by atoms with van der Waals surface area (Å²) in [6.45, 7) is 10.3. The molecule has 0 bridgehead atoms. The van der Waals surface area contributed by atoms with Crippen LogP contribution in [0.4, 0.5) is 0 Å². The third kappa shape index (κ3) is 16.2. The summed E-state index contributed by atoms with van der Waals surface area (Å²) in [5.74, 6) is -2.20. The molecule has 38 heavy (non-hydrogen) atoms. The van der Waals surface area contributed by atoms with E-state index in [4.69, 9.17) is 14.6 Å². The zero-order valence-corrected chi connectivity index (χ0v) is 24.0. The second-order valence-electron chi connectivity index (χ2n) is 9.73. The number of nitrogens with one attached hydrogen (secondary N) is 2. The highest BCUT2D eigenvalue weighted by Crippen LogP contribution is 2.15. The number of unbranched alkanes of at least 4 members (excludes halogenated alkanes) is 1. The fraction of sp³-hybridized carbons (Fsp3) is 0.821. The Hall–Kier alpha value is -2.65. The highest BCUT2D eigenvalue weighted by molar-refractivity contribution is 5.79. The zero-order valence-electron chi connectivity index (χ0n) is 24.0. The quantitative estimate of drug-likeness (QED) is 0.137. The normalized spacial score (nSPS) is 11.9. The van der Waals surface area contributed by atoms with E-state index >= 15 is 0 Å². The Morgan fingerprint density at radius 3 is 1.66 bits per heavy atom. The van der Waals surface area contributed by atoms with Gasteiger partial charge in [-0.2, -0.15) is 0 Å². The average Bonchev–Trinajstić information content (AvgIpc) is 2.89. The van der Waals surface area contributed by atoms with Crippen LogP contribution in [0.25, 0.3) is 0 Å². The Labute approximate surface area is 228 Å². The van der Waals surface area contributed by atoms with Crippen LogP contribution in [-0.4, -0.2) is 60.6 Å². The topological polar surface area (TPSA) is 148 Å². The number of carboxylic acids is 1. The van der Waals surface area contributed by atoms with E-state index in [2.05, 4.69) is 10.6 Å². The highest BCUT2D eigenvalue weighted by atomic mass is 16.5. The summed E-state index contributed by atoms with van der Waals surface area (Å²) in [5.41, 5.74) is 0. The van der Waals surface area contributed by atoms with Gasteiger partial charge < -0.3 is 25.2 Å². The lowest BCUT2D eigenvalue weighted by Gasteiger charge is -2.22. The van der Waals surface area contributed by atoms with Gasteiger partial charge in [0.2, 0.25) is 11.8 Å². The Balaban J connectivity index is 4.68. The minimum Gasteiger partial charge on any atom is -0.481 e. The predicted octanol–water partition coefficient (Wildman–Crippen LogP) is 4.00. The molecular formula is C28H50N2O8. The van der Waals surface area contributed by atoms with E-state index in [-0.39, 0.29) is 68.5 Å². The van der Waals surface area contributed by atoms with Gasteiger partial charge >= 0.3 is 17.9 Å². The van der Waals surface area contributed by atoms with Crippen LogP contribution in [0.1, 0.15) is 105 Å². The van der Waals surface area contributed by atoms with Crippen molar-refractivity contribution in [2.45, 2.75) is 111 Å². The summed E-state index contributed by atoms with van der Waals surface area (Å²) >= 11 is 0. The number of hydrogen-bond donors (Lipinski definition) is 3. The van der Waals surface area contributed by atoms with Crippen LogP contribution in [-0.2, 0) is 33.4 Å². The van der Waals surface area contributed by atoms with Gasteiger partial charge in [0.1, 0.15) is 6.10 Å². The number of ether oxygens (including phenoxy) is 2. The number of carboxylic acid groups (broad SMARTS) is 1. The molecule has 0 aliphatic rings. The maximum absolute atomic E-state index is 12.5. The van der Waals surface area contributed by atoms with Crippen LogP contribution in [0.2, 0.25) is 0 Å². The van der Waals surface area contributed by atoms with Crippen molar-refractivity contribution in [3.63, 3.8) is 0 Å². The maximum Gasteiger partial charge on any atom is 0.306 e. The van der Waals surface area contributed by atoms with Crippen LogP contribution in [0.15, 0.2) is 0 Å². The molecule has 2 amide bonds. The van der Waals surface area contributed by atoms with Crippen molar-refractivity contribution in [2.75, 3.05) is 19.7 Å². The summed E-state index contributed by atoms with van der Waals surface area (Å²) in [6, 6.07) is 0. The molecular weight excluding hydrogens is 492 g/mol. The molecule has 0 heterocycles. The van der Waals surface area contributed by atoms with E-state index < -0.39 is 24.0 Å². The van der Waals surface area contributed by atoms with Gasteiger partial charge in [0.05, 0.1) is 32.5 Å². The van der Waals surface area contributed by atoms with Gasteiger partial charge in [-0.1, -0.05) is 47.5 Å². The Morgan fingerprint density at radius 1 is 0.684 bits per heavy atom. The van der Waals surface area contributed by atoms with E-state index in [0.29, 0.717) is 6.42 Å². The van der Waals surface area contributed by atoms with Crippen LogP contribution in [0.5, 0.6) is 0 Å². The second-order valence-corrected chi connectivity index (χ2v) is 9.73. The summed E-state index contributed by atoms with van der Waals surface area (Å²) in [5, 5.41) is 14.4. The molecule has 0 fully saturated rings. The number of esters is 2. The lowest BCUT2D eigenvalue weighted by Crippen LogP contribution is -2.45. The van der Waals surface area contributed by atoms with E-state index in [1.807, 2.05) is 34.6 Å². The standard InChI is InChI=1S/C28H50N2O8/c1-6-20(19-37-25(33)16-15-24(31)32)13-11-12-14-26(34)38-23(17-29-27(35)21(7-2)8-3)18-30-28(36)22(9-4)10-5/h20-23H,6-19H2,1-5H3,(H,29,35)(H,30,36)(H,31,32). The second kappa shape index (κ2) is 21.3. The molecule has 0 aliphatic carbocycles. The molecule has 220 valence electrons. The van der Waals surface area contributed by atoms with Gasteiger partial charge in [-0.05, 0) is 44.4 Å². The monoisotopic (exact) mass is 542 g/mol. The van der Waals surface area contributed by atoms with Crippen LogP contribution in [0, 0.1) is 17.8 Å². The molecule has 10 heteroatoms. The highest BCUT2D eigenvalue weighted by Gasteiger charge is 2.21. The largest absolute Gasteiger partial charge is 0.481 e. The fourth-order valence-electron chi connectivity index (χ4n) is 4.04. The molecule has 0 radical (unpaired) electrons. The zero-order chi connectivity index (χ0) is 28.9. The number of carbonyl (C=O) groups excluding carboxylic acids is 4. The van der Waals surface area contributed by atoms with Crippen molar-refractivity contribution < 1.29 is 38.6 Å². The average molecular weight is 543 g/mol. The first-order valence-electron chi connectivity index (χ1n) is 14.2. The Bertz CT molecular complexity index is 692. The molecule has 0 aromatic rings. The molecule has 0 aliphatic heterocycles. The summed E-state index contributed by atoms with van der Waals surface area (Å²) < 4.78 is 10.8. The third-order valence-corrected chi connectivity index (χ3v) is 6.86. The van der Waals surface area contributed by atoms with Crippen molar-refractivity contribution in [3.8, 4) is 0 Å². The lowest BCUT2D eigenvalue weighted by atomic mass is 9.99. The summed E-state index contributed by atoms with van der Waals surface area (Å²) in [7, 11) is 0. The third-order valence-electron chi connectivity index (χ3n) is 6.86. The van der Waals surface area contributed by atoms with E-state index in [1.54, 1.807) is 0 Å². The van der Waals surface area contributed by atoms with Gasteiger partial charge in [0.25, 0.3) is 0 Å². The number of rotatable bonds is 22. The molecule has 0 spiro atoms. The SMILES string of the molecule is CCC(CCCCC(=O)OC(CNC(=O)C(CC)CC)CNC(=O)C(CC)CC)COC(=O)CCC(=O)O.